The highest BCUT2D eigenvalue weighted by molar-refractivity contribution is 7.91. The quantitative estimate of drug-likeness (QED) is 0.805. The maximum atomic E-state index is 12.7. The van der Waals surface area contributed by atoms with E-state index in [-0.39, 0.29) is 12.3 Å². The molecule has 26 heavy (non-hydrogen) atoms. The van der Waals surface area contributed by atoms with Crippen molar-refractivity contribution >= 4 is 44.6 Å². The molecule has 8 heteroatoms. The van der Waals surface area contributed by atoms with Crippen molar-refractivity contribution in [2.24, 2.45) is 0 Å². The molecule has 2 heterocycles. The highest BCUT2D eigenvalue weighted by atomic mass is 35.5. The van der Waals surface area contributed by atoms with Crippen LogP contribution in [0.5, 0.6) is 0 Å². The van der Waals surface area contributed by atoms with Crippen molar-refractivity contribution in [2.75, 3.05) is 18.4 Å². The number of benzene rings is 1. The molecule has 0 spiro atoms. The summed E-state index contributed by atoms with van der Waals surface area (Å²) < 4.78 is 27.2. The summed E-state index contributed by atoms with van der Waals surface area (Å²) in [6.07, 6.45) is 2.99. The van der Waals surface area contributed by atoms with E-state index in [2.05, 4.69) is 5.32 Å². The Kier molecular flexibility index (Phi) is 6.02. The molecule has 0 unspecified atom stereocenters. The first-order valence-electron chi connectivity index (χ1n) is 8.51. The Morgan fingerprint density at radius 2 is 1.92 bits per heavy atom. The van der Waals surface area contributed by atoms with Crippen molar-refractivity contribution < 1.29 is 13.2 Å². The van der Waals surface area contributed by atoms with E-state index in [1.165, 1.54) is 4.31 Å². The van der Waals surface area contributed by atoms with E-state index in [1.807, 2.05) is 13.0 Å². The Balaban J connectivity index is 1.67. The number of aryl methyl sites for hydroxylation is 1. The van der Waals surface area contributed by atoms with Crippen molar-refractivity contribution in [3.05, 3.63) is 45.8 Å². The fourth-order valence-electron chi connectivity index (χ4n) is 2.90. The fraction of sp³-hybridized carbons (Fsp3) is 0.389. The highest BCUT2D eigenvalue weighted by Crippen LogP contribution is 2.28. The molecule has 1 N–H and O–H groups in total. The van der Waals surface area contributed by atoms with Gasteiger partial charge in [-0.05, 0) is 49.6 Å². The van der Waals surface area contributed by atoms with Gasteiger partial charge >= 0.3 is 0 Å². The first-order valence-corrected chi connectivity index (χ1v) is 11.1. The minimum atomic E-state index is -3.45. The lowest BCUT2D eigenvalue weighted by molar-refractivity contribution is -0.115. The van der Waals surface area contributed by atoms with Crippen LogP contribution in [0.3, 0.4) is 0 Å². The molecule has 0 atom stereocenters. The second kappa shape index (κ2) is 8.08. The molecule has 1 aromatic heterocycles. The summed E-state index contributed by atoms with van der Waals surface area (Å²) in [5.74, 6) is -0.223. The van der Waals surface area contributed by atoms with Crippen LogP contribution in [0.1, 0.15) is 29.7 Å². The maximum absolute atomic E-state index is 12.7. The lowest BCUT2D eigenvalue weighted by Gasteiger charge is -2.25. The van der Waals surface area contributed by atoms with Gasteiger partial charge in [0.1, 0.15) is 4.21 Å². The van der Waals surface area contributed by atoms with Crippen molar-refractivity contribution in [3.8, 4) is 0 Å². The van der Waals surface area contributed by atoms with E-state index >= 15 is 0 Å². The van der Waals surface area contributed by atoms with Crippen LogP contribution in [0.25, 0.3) is 0 Å². The van der Waals surface area contributed by atoms with Gasteiger partial charge in [-0.1, -0.05) is 24.1 Å². The number of halogens is 1. The van der Waals surface area contributed by atoms with Gasteiger partial charge < -0.3 is 5.32 Å². The third kappa shape index (κ3) is 4.46. The number of nitrogens with one attached hydrogen (secondary N) is 1. The molecule has 1 aromatic carbocycles. The van der Waals surface area contributed by atoms with E-state index in [1.54, 1.807) is 24.3 Å². The van der Waals surface area contributed by atoms with Crippen molar-refractivity contribution in [1.29, 1.82) is 0 Å². The SMILES string of the molecule is Cc1ccc(NC(=O)Cc2ccc(S(=O)(=O)N3CCCCC3)s2)c(Cl)c1. The molecule has 1 fully saturated rings. The molecule has 140 valence electrons. The molecule has 0 aliphatic carbocycles. The Labute approximate surface area is 163 Å². The molecule has 0 saturated carbocycles. The van der Waals surface area contributed by atoms with Crippen LogP contribution in [-0.2, 0) is 21.2 Å². The van der Waals surface area contributed by atoms with Crippen molar-refractivity contribution in [3.63, 3.8) is 0 Å². The minimum Gasteiger partial charge on any atom is -0.324 e. The van der Waals surface area contributed by atoms with Crippen LogP contribution in [-0.4, -0.2) is 31.7 Å². The van der Waals surface area contributed by atoms with Gasteiger partial charge in [-0.25, -0.2) is 8.42 Å². The second-order valence-corrected chi connectivity index (χ2v) is 10.1. The fourth-order valence-corrected chi connectivity index (χ4v) is 6.21. The lowest BCUT2D eigenvalue weighted by Crippen LogP contribution is -2.35. The zero-order valence-corrected chi connectivity index (χ0v) is 16.9. The van der Waals surface area contributed by atoms with Crippen molar-refractivity contribution in [2.45, 2.75) is 36.8 Å². The number of hydrogen-bond acceptors (Lipinski definition) is 4. The van der Waals surface area contributed by atoms with Crippen LogP contribution < -0.4 is 5.32 Å². The Bertz CT molecular complexity index is 903. The number of sulfonamides is 1. The summed E-state index contributed by atoms with van der Waals surface area (Å²) in [7, 11) is -3.45. The normalized spacial score (nSPS) is 15.8. The van der Waals surface area contributed by atoms with E-state index in [9.17, 15) is 13.2 Å². The second-order valence-electron chi connectivity index (χ2n) is 6.39. The van der Waals surface area contributed by atoms with Gasteiger partial charge in [-0.2, -0.15) is 4.31 Å². The number of piperidine rings is 1. The third-order valence-corrected chi connectivity index (χ3v) is 8.04. The molecule has 1 aliphatic rings. The average molecular weight is 413 g/mol. The van der Waals surface area contributed by atoms with Gasteiger partial charge in [0.2, 0.25) is 5.91 Å². The summed E-state index contributed by atoms with van der Waals surface area (Å²) in [6.45, 7) is 3.07. The van der Waals surface area contributed by atoms with E-state index in [0.29, 0.717) is 32.9 Å². The van der Waals surface area contributed by atoms with Gasteiger partial charge in [0, 0.05) is 18.0 Å². The molecule has 2 aromatic rings. The average Bonchev–Trinajstić information content (AvgIpc) is 3.07. The number of hydrogen-bond donors (Lipinski definition) is 1. The van der Waals surface area contributed by atoms with Crippen LogP contribution in [0.4, 0.5) is 5.69 Å². The van der Waals surface area contributed by atoms with Crippen LogP contribution in [0.2, 0.25) is 5.02 Å². The van der Waals surface area contributed by atoms with Gasteiger partial charge in [-0.3, -0.25) is 4.79 Å². The number of nitrogens with zero attached hydrogens (tertiary/aromatic N) is 1. The topological polar surface area (TPSA) is 66.5 Å². The van der Waals surface area contributed by atoms with E-state index in [4.69, 9.17) is 11.6 Å². The zero-order chi connectivity index (χ0) is 18.7. The highest BCUT2D eigenvalue weighted by Gasteiger charge is 2.27. The summed E-state index contributed by atoms with van der Waals surface area (Å²) in [6, 6.07) is 8.71. The van der Waals surface area contributed by atoms with Gasteiger partial charge in [0.05, 0.1) is 17.1 Å². The number of anilines is 1. The summed E-state index contributed by atoms with van der Waals surface area (Å²) >= 11 is 7.29. The van der Waals surface area contributed by atoms with Crippen molar-refractivity contribution in [1.82, 2.24) is 4.31 Å². The minimum absolute atomic E-state index is 0.115. The van der Waals surface area contributed by atoms with Gasteiger partial charge in [-0.15, -0.1) is 11.3 Å². The number of amides is 1. The summed E-state index contributed by atoms with van der Waals surface area (Å²) in [5.41, 5.74) is 1.57. The van der Waals surface area contributed by atoms with Crippen LogP contribution in [0, 0.1) is 6.92 Å². The van der Waals surface area contributed by atoms with Gasteiger partial charge in [0.25, 0.3) is 10.0 Å². The lowest BCUT2D eigenvalue weighted by atomic mass is 10.2. The molecule has 3 rings (SSSR count). The summed E-state index contributed by atoms with van der Waals surface area (Å²) in [5, 5.41) is 3.26. The summed E-state index contributed by atoms with van der Waals surface area (Å²) in [4.78, 5) is 13.0. The smallest absolute Gasteiger partial charge is 0.252 e. The number of carbonyl (C=O) groups is 1. The monoisotopic (exact) mass is 412 g/mol. The first kappa shape index (κ1) is 19.4. The standard InChI is InChI=1S/C18H21ClN2O3S2/c1-13-5-7-16(15(19)11-13)20-17(22)12-14-6-8-18(25-14)26(23,24)21-9-3-2-4-10-21/h5-8,11H,2-4,9-10,12H2,1H3,(H,20,22). The number of thiophene rings is 1. The maximum Gasteiger partial charge on any atom is 0.252 e. The number of carbonyl (C=O) groups excluding carboxylic acids is 1. The molecular formula is C18H21ClN2O3S2. The molecule has 0 bridgehead atoms. The molecule has 1 aliphatic heterocycles. The van der Waals surface area contributed by atoms with Gasteiger partial charge in [0.15, 0.2) is 0 Å². The van der Waals surface area contributed by atoms with Crippen LogP contribution in [0.15, 0.2) is 34.5 Å². The molecule has 1 saturated heterocycles. The molecule has 5 nitrogen and oxygen atoms in total. The number of rotatable bonds is 5. The third-order valence-electron chi connectivity index (χ3n) is 4.28. The molecular weight excluding hydrogens is 392 g/mol. The largest absolute Gasteiger partial charge is 0.324 e. The van der Waals surface area contributed by atoms with Crippen LogP contribution >= 0.6 is 22.9 Å². The Morgan fingerprint density at radius 1 is 1.19 bits per heavy atom. The Hall–Kier alpha value is -1.41. The predicted molar refractivity (Wildman–Crippen MR) is 105 cm³/mol. The van der Waals surface area contributed by atoms with E-state index in [0.717, 1.165) is 36.2 Å². The first-order chi connectivity index (χ1) is 12.4. The predicted octanol–water partition coefficient (Wildman–Crippen LogP) is 4.07. The molecule has 1 amide bonds. The molecule has 0 radical (unpaired) electrons. The Morgan fingerprint density at radius 3 is 2.62 bits per heavy atom. The zero-order valence-electron chi connectivity index (χ0n) is 14.5. The van der Waals surface area contributed by atoms with E-state index < -0.39 is 10.0 Å².